The van der Waals surface area contributed by atoms with Crippen LogP contribution in [0.4, 0.5) is 4.39 Å². The number of piperidine rings is 1. The molecule has 1 saturated heterocycles. The first kappa shape index (κ1) is 20.1. The summed E-state index contributed by atoms with van der Waals surface area (Å²) in [6.07, 6.45) is 1.56. The third-order valence-corrected chi connectivity index (χ3v) is 6.00. The van der Waals surface area contributed by atoms with Crippen LogP contribution in [-0.2, 0) is 0 Å². The van der Waals surface area contributed by atoms with Crippen molar-refractivity contribution in [3.8, 4) is 11.4 Å². The van der Waals surface area contributed by atoms with Crippen molar-refractivity contribution in [3.05, 3.63) is 76.4 Å². The highest BCUT2D eigenvalue weighted by atomic mass is 19.1. The molecule has 156 valence electrons. The van der Waals surface area contributed by atoms with Gasteiger partial charge in [0.05, 0.1) is 16.9 Å². The summed E-state index contributed by atoms with van der Waals surface area (Å²) in [5.41, 5.74) is 4.59. The Morgan fingerprint density at radius 2 is 1.80 bits per heavy atom. The van der Waals surface area contributed by atoms with Gasteiger partial charge in [0.1, 0.15) is 11.6 Å². The van der Waals surface area contributed by atoms with Gasteiger partial charge < -0.3 is 10.0 Å². The highest BCUT2D eigenvalue weighted by Crippen LogP contribution is 2.32. The molecule has 0 aliphatic carbocycles. The van der Waals surface area contributed by atoms with Crippen molar-refractivity contribution in [2.24, 2.45) is 0 Å². The van der Waals surface area contributed by atoms with Gasteiger partial charge in [0.25, 0.3) is 5.91 Å². The molecule has 0 radical (unpaired) electrons. The lowest BCUT2D eigenvalue weighted by Crippen LogP contribution is -2.39. The topological polar surface area (TPSA) is 58.4 Å². The Morgan fingerprint density at radius 1 is 1.10 bits per heavy atom. The van der Waals surface area contributed by atoms with Gasteiger partial charge >= 0.3 is 0 Å². The number of aromatic hydroxyl groups is 1. The van der Waals surface area contributed by atoms with Crippen molar-refractivity contribution in [2.75, 3.05) is 13.1 Å². The first-order valence-corrected chi connectivity index (χ1v) is 10.3. The number of hydrogen-bond donors (Lipinski definition) is 1. The summed E-state index contributed by atoms with van der Waals surface area (Å²) in [5.74, 6) is -0.745. The van der Waals surface area contributed by atoms with E-state index in [0.717, 1.165) is 41.5 Å². The maximum atomic E-state index is 14.3. The van der Waals surface area contributed by atoms with Crippen molar-refractivity contribution >= 4 is 5.91 Å². The Hall–Kier alpha value is -3.15. The molecule has 3 aromatic rings. The fourth-order valence-electron chi connectivity index (χ4n) is 4.27. The van der Waals surface area contributed by atoms with E-state index >= 15 is 0 Å². The molecule has 1 aliphatic rings. The molecule has 1 N–H and O–H groups in total. The van der Waals surface area contributed by atoms with Crippen molar-refractivity contribution in [1.29, 1.82) is 0 Å². The van der Waals surface area contributed by atoms with Crippen LogP contribution in [0.2, 0.25) is 0 Å². The van der Waals surface area contributed by atoms with Gasteiger partial charge in [-0.1, -0.05) is 18.2 Å². The van der Waals surface area contributed by atoms with Crippen molar-refractivity contribution < 1.29 is 14.3 Å². The van der Waals surface area contributed by atoms with Gasteiger partial charge in [-0.2, -0.15) is 5.10 Å². The molecule has 0 atom stereocenters. The van der Waals surface area contributed by atoms with Gasteiger partial charge in [-0.3, -0.25) is 4.79 Å². The zero-order chi connectivity index (χ0) is 21.4. The molecule has 1 aromatic heterocycles. The van der Waals surface area contributed by atoms with Gasteiger partial charge in [-0.15, -0.1) is 0 Å². The maximum Gasteiger partial charge on any atom is 0.257 e. The van der Waals surface area contributed by atoms with Crippen molar-refractivity contribution in [1.82, 2.24) is 14.7 Å². The lowest BCUT2D eigenvalue weighted by Gasteiger charge is -2.32. The van der Waals surface area contributed by atoms with Crippen molar-refractivity contribution in [3.63, 3.8) is 0 Å². The second kappa shape index (κ2) is 7.94. The standard InChI is InChI=1S/C24H26FN3O2/c1-15-6-4-5-7-20(15)28-21(14-16(2)26-28)18-10-12-27(13-11-18)24(30)23-17(3)22(29)9-8-19(23)25/h4-9,14,18,29H,10-13H2,1-3H3. The number of likely N-dealkylation sites (tertiary alicyclic amines) is 1. The first-order valence-electron chi connectivity index (χ1n) is 10.3. The van der Waals surface area contributed by atoms with E-state index in [1.807, 2.05) is 23.7 Å². The second-order valence-corrected chi connectivity index (χ2v) is 8.04. The van der Waals surface area contributed by atoms with E-state index in [4.69, 9.17) is 5.10 Å². The molecule has 5 nitrogen and oxygen atoms in total. The van der Waals surface area contributed by atoms with Crippen LogP contribution in [0.5, 0.6) is 5.75 Å². The van der Waals surface area contributed by atoms with Gasteiger partial charge in [-0.25, -0.2) is 9.07 Å². The number of aryl methyl sites for hydroxylation is 2. The summed E-state index contributed by atoms with van der Waals surface area (Å²) in [7, 11) is 0. The van der Waals surface area contributed by atoms with E-state index in [-0.39, 0.29) is 28.7 Å². The van der Waals surface area contributed by atoms with E-state index in [1.54, 1.807) is 11.8 Å². The largest absolute Gasteiger partial charge is 0.508 e. The quantitative estimate of drug-likeness (QED) is 0.687. The number of nitrogens with zero attached hydrogens (tertiary/aromatic N) is 3. The molecular formula is C24H26FN3O2. The molecule has 4 rings (SSSR count). The molecule has 6 heteroatoms. The molecule has 2 heterocycles. The van der Waals surface area contributed by atoms with E-state index in [2.05, 4.69) is 25.1 Å². The van der Waals surface area contributed by atoms with Gasteiger partial charge in [0.15, 0.2) is 0 Å². The zero-order valence-corrected chi connectivity index (χ0v) is 17.5. The minimum Gasteiger partial charge on any atom is -0.508 e. The molecule has 1 fully saturated rings. The summed E-state index contributed by atoms with van der Waals surface area (Å²) >= 11 is 0. The normalized spacial score (nSPS) is 14.9. The summed E-state index contributed by atoms with van der Waals surface area (Å²) in [4.78, 5) is 14.6. The molecule has 1 aliphatic heterocycles. The van der Waals surface area contributed by atoms with Crippen molar-refractivity contribution in [2.45, 2.75) is 39.5 Å². The first-order chi connectivity index (χ1) is 14.4. The number of phenolic OH excluding ortho intramolecular Hbond substituents is 1. The molecule has 2 aromatic carbocycles. The molecule has 30 heavy (non-hydrogen) atoms. The van der Waals surface area contributed by atoms with Crippen LogP contribution in [0.3, 0.4) is 0 Å². The molecule has 0 saturated carbocycles. The van der Waals surface area contributed by atoms with E-state index in [9.17, 15) is 14.3 Å². The van der Waals surface area contributed by atoms with Crippen LogP contribution in [0.25, 0.3) is 5.69 Å². The fraction of sp³-hybridized carbons (Fsp3) is 0.333. The molecule has 0 bridgehead atoms. The highest BCUT2D eigenvalue weighted by Gasteiger charge is 2.29. The third kappa shape index (κ3) is 3.58. The van der Waals surface area contributed by atoms with E-state index in [1.165, 1.54) is 6.07 Å². The lowest BCUT2D eigenvalue weighted by molar-refractivity contribution is 0.0705. The second-order valence-electron chi connectivity index (χ2n) is 8.04. The average Bonchev–Trinajstić information content (AvgIpc) is 3.13. The number of para-hydroxylation sites is 1. The van der Waals surface area contributed by atoms with Crippen LogP contribution in [0.1, 0.15) is 51.6 Å². The van der Waals surface area contributed by atoms with Crippen LogP contribution >= 0.6 is 0 Å². The highest BCUT2D eigenvalue weighted by molar-refractivity contribution is 5.96. The Balaban J connectivity index is 1.55. The average molecular weight is 407 g/mol. The number of rotatable bonds is 3. The van der Waals surface area contributed by atoms with Crippen LogP contribution in [0.15, 0.2) is 42.5 Å². The minimum atomic E-state index is -0.592. The summed E-state index contributed by atoms with van der Waals surface area (Å²) in [5, 5.41) is 14.6. The Labute approximate surface area is 175 Å². The van der Waals surface area contributed by atoms with E-state index < -0.39 is 5.82 Å². The SMILES string of the molecule is Cc1cc(C2CCN(C(=O)c3c(F)ccc(O)c3C)CC2)n(-c2ccccc2C)n1. The van der Waals surface area contributed by atoms with Crippen LogP contribution in [0, 0.1) is 26.6 Å². The lowest BCUT2D eigenvalue weighted by atomic mass is 9.92. The minimum absolute atomic E-state index is 0.0331. The van der Waals surface area contributed by atoms with Gasteiger partial charge in [0.2, 0.25) is 0 Å². The summed E-state index contributed by atoms with van der Waals surface area (Å²) in [6.45, 7) is 6.71. The number of phenols is 1. The predicted octanol–water partition coefficient (Wildman–Crippen LogP) is 4.66. The van der Waals surface area contributed by atoms with E-state index in [0.29, 0.717) is 13.1 Å². The van der Waals surface area contributed by atoms with Gasteiger partial charge in [0, 0.05) is 30.3 Å². The number of hydrogen-bond acceptors (Lipinski definition) is 3. The number of amides is 1. The maximum absolute atomic E-state index is 14.3. The third-order valence-electron chi connectivity index (χ3n) is 6.00. The molecular weight excluding hydrogens is 381 g/mol. The Bertz CT molecular complexity index is 1100. The number of carbonyl (C=O) groups excluding carboxylic acids is 1. The summed E-state index contributed by atoms with van der Waals surface area (Å²) < 4.78 is 16.3. The van der Waals surface area contributed by atoms with Crippen LogP contribution < -0.4 is 0 Å². The number of carbonyl (C=O) groups is 1. The van der Waals surface area contributed by atoms with Crippen LogP contribution in [-0.4, -0.2) is 38.8 Å². The molecule has 0 unspecified atom stereocenters. The number of benzene rings is 2. The number of aromatic nitrogens is 2. The fourth-order valence-corrected chi connectivity index (χ4v) is 4.27. The Kier molecular flexibility index (Phi) is 5.33. The zero-order valence-electron chi connectivity index (χ0n) is 17.5. The Morgan fingerprint density at radius 3 is 2.50 bits per heavy atom. The predicted molar refractivity (Wildman–Crippen MR) is 114 cm³/mol. The molecule has 0 spiro atoms. The number of halogens is 1. The smallest absolute Gasteiger partial charge is 0.257 e. The summed E-state index contributed by atoms with van der Waals surface area (Å²) in [6, 6.07) is 12.7. The molecule has 1 amide bonds. The monoisotopic (exact) mass is 407 g/mol. The van der Waals surface area contributed by atoms with Gasteiger partial charge in [-0.05, 0) is 63.4 Å².